The lowest BCUT2D eigenvalue weighted by atomic mass is 10.1. The lowest BCUT2D eigenvalue weighted by molar-refractivity contribution is -0.115. The van der Waals surface area contributed by atoms with E-state index in [0.29, 0.717) is 5.69 Å². The molecule has 0 aliphatic carbocycles. The minimum Gasteiger partial charge on any atom is -0.372 e. The van der Waals surface area contributed by atoms with Crippen LogP contribution in [-0.2, 0) is 11.2 Å². The Balaban J connectivity index is 1.61. The van der Waals surface area contributed by atoms with Crippen molar-refractivity contribution in [3.05, 3.63) is 56.9 Å². The van der Waals surface area contributed by atoms with Gasteiger partial charge >= 0.3 is 5.69 Å². The summed E-state index contributed by atoms with van der Waals surface area (Å²) in [7, 11) is 0. The molecule has 1 aromatic heterocycles. The number of piperidine rings is 1. The molecule has 1 aliphatic rings. The van der Waals surface area contributed by atoms with Gasteiger partial charge in [-0.05, 0) is 43.5 Å². The van der Waals surface area contributed by atoms with Crippen molar-refractivity contribution >= 4 is 17.3 Å². The van der Waals surface area contributed by atoms with Crippen LogP contribution in [0.15, 0.2) is 39.9 Å². The summed E-state index contributed by atoms with van der Waals surface area (Å²) < 4.78 is 0. The number of rotatable bonds is 4. The van der Waals surface area contributed by atoms with E-state index < -0.39 is 11.2 Å². The Morgan fingerprint density at radius 2 is 1.75 bits per heavy atom. The van der Waals surface area contributed by atoms with Crippen LogP contribution < -0.4 is 21.5 Å². The summed E-state index contributed by atoms with van der Waals surface area (Å²) >= 11 is 0. The van der Waals surface area contributed by atoms with Crippen molar-refractivity contribution in [2.24, 2.45) is 0 Å². The van der Waals surface area contributed by atoms with E-state index in [9.17, 15) is 14.4 Å². The molecule has 126 valence electrons. The molecule has 7 heteroatoms. The standard InChI is InChI=1S/C17H20N4O3/c22-15(10-13-11-16(23)20-17(24)19-13)18-12-4-6-14(7-5-12)21-8-2-1-3-9-21/h4-7,11H,1-3,8-10H2,(H,18,22)(H2,19,20,23,24). The third-order valence-corrected chi connectivity index (χ3v) is 4.04. The largest absolute Gasteiger partial charge is 0.372 e. The topological polar surface area (TPSA) is 98.1 Å². The predicted octanol–water partition coefficient (Wildman–Crippen LogP) is 1.23. The van der Waals surface area contributed by atoms with Gasteiger partial charge in [0.15, 0.2) is 0 Å². The molecule has 3 rings (SSSR count). The van der Waals surface area contributed by atoms with Gasteiger partial charge in [0.1, 0.15) is 0 Å². The Morgan fingerprint density at radius 3 is 2.42 bits per heavy atom. The van der Waals surface area contributed by atoms with E-state index in [4.69, 9.17) is 0 Å². The van der Waals surface area contributed by atoms with Crippen molar-refractivity contribution in [2.75, 3.05) is 23.3 Å². The molecular weight excluding hydrogens is 308 g/mol. The molecule has 1 aromatic carbocycles. The molecule has 0 saturated carbocycles. The lowest BCUT2D eigenvalue weighted by Gasteiger charge is -2.28. The molecule has 3 N–H and O–H groups in total. The summed E-state index contributed by atoms with van der Waals surface area (Å²) in [6.45, 7) is 2.14. The number of aromatic amines is 2. The molecule has 0 atom stereocenters. The van der Waals surface area contributed by atoms with Crippen LogP contribution in [0.25, 0.3) is 0 Å². The molecule has 2 aromatic rings. The molecule has 1 amide bonds. The van der Waals surface area contributed by atoms with E-state index in [-0.39, 0.29) is 18.0 Å². The number of carbonyl (C=O) groups excluding carboxylic acids is 1. The van der Waals surface area contributed by atoms with E-state index >= 15 is 0 Å². The lowest BCUT2D eigenvalue weighted by Crippen LogP contribution is -2.29. The van der Waals surface area contributed by atoms with Crippen LogP contribution in [-0.4, -0.2) is 29.0 Å². The fourth-order valence-corrected chi connectivity index (χ4v) is 2.90. The van der Waals surface area contributed by atoms with Gasteiger partial charge in [-0.3, -0.25) is 14.6 Å². The Labute approximate surface area is 138 Å². The average Bonchev–Trinajstić information content (AvgIpc) is 2.55. The molecule has 1 aliphatic heterocycles. The van der Waals surface area contributed by atoms with E-state index in [1.807, 2.05) is 24.3 Å². The van der Waals surface area contributed by atoms with Crippen molar-refractivity contribution in [1.29, 1.82) is 0 Å². The summed E-state index contributed by atoms with van der Waals surface area (Å²) in [5, 5.41) is 2.77. The Kier molecular flexibility index (Phi) is 4.79. The Morgan fingerprint density at radius 1 is 1.04 bits per heavy atom. The van der Waals surface area contributed by atoms with Gasteiger partial charge in [-0.1, -0.05) is 0 Å². The Bertz CT molecular complexity index is 788. The van der Waals surface area contributed by atoms with Gasteiger partial charge in [0.2, 0.25) is 5.91 Å². The number of nitrogens with zero attached hydrogens (tertiary/aromatic N) is 1. The molecule has 0 spiro atoms. The highest BCUT2D eigenvalue weighted by Crippen LogP contribution is 2.21. The first kappa shape index (κ1) is 16.0. The number of amides is 1. The quantitative estimate of drug-likeness (QED) is 0.786. The minimum atomic E-state index is -0.615. The predicted molar refractivity (Wildman–Crippen MR) is 92.5 cm³/mol. The average molecular weight is 328 g/mol. The van der Waals surface area contributed by atoms with E-state index in [2.05, 4.69) is 20.2 Å². The summed E-state index contributed by atoms with van der Waals surface area (Å²) in [5.41, 5.74) is 0.995. The number of nitrogens with one attached hydrogen (secondary N) is 3. The van der Waals surface area contributed by atoms with Gasteiger partial charge in [0.25, 0.3) is 5.56 Å². The third-order valence-electron chi connectivity index (χ3n) is 4.04. The fraction of sp³-hybridized carbons (Fsp3) is 0.353. The van der Waals surface area contributed by atoms with E-state index in [0.717, 1.165) is 18.8 Å². The van der Waals surface area contributed by atoms with Crippen molar-refractivity contribution in [3.8, 4) is 0 Å². The smallest absolute Gasteiger partial charge is 0.325 e. The van der Waals surface area contributed by atoms with Crippen LogP contribution >= 0.6 is 0 Å². The highest BCUT2D eigenvalue weighted by atomic mass is 16.2. The number of anilines is 2. The maximum atomic E-state index is 12.0. The fourth-order valence-electron chi connectivity index (χ4n) is 2.90. The van der Waals surface area contributed by atoms with Crippen LogP contribution in [0, 0.1) is 0 Å². The second-order valence-electron chi connectivity index (χ2n) is 5.93. The third kappa shape index (κ3) is 4.13. The normalized spacial score (nSPS) is 14.4. The van der Waals surface area contributed by atoms with Crippen molar-refractivity contribution in [1.82, 2.24) is 9.97 Å². The maximum absolute atomic E-state index is 12.0. The molecule has 1 saturated heterocycles. The summed E-state index contributed by atoms with van der Waals surface area (Å²) in [5.74, 6) is -0.290. The van der Waals surface area contributed by atoms with Crippen LogP contribution in [0.1, 0.15) is 25.0 Å². The summed E-state index contributed by atoms with van der Waals surface area (Å²) in [4.78, 5) is 41.3. The first-order chi connectivity index (χ1) is 11.6. The van der Waals surface area contributed by atoms with Gasteiger partial charge in [0, 0.05) is 36.2 Å². The number of aromatic nitrogens is 2. The van der Waals surface area contributed by atoms with Gasteiger partial charge < -0.3 is 15.2 Å². The van der Waals surface area contributed by atoms with Crippen LogP contribution in [0.5, 0.6) is 0 Å². The highest BCUT2D eigenvalue weighted by molar-refractivity contribution is 5.92. The molecule has 24 heavy (non-hydrogen) atoms. The zero-order valence-corrected chi connectivity index (χ0v) is 13.3. The number of H-pyrrole nitrogens is 2. The number of hydrogen-bond donors (Lipinski definition) is 3. The molecule has 2 heterocycles. The second kappa shape index (κ2) is 7.16. The van der Waals surface area contributed by atoms with E-state index in [1.54, 1.807) is 0 Å². The van der Waals surface area contributed by atoms with Crippen molar-refractivity contribution in [2.45, 2.75) is 25.7 Å². The van der Waals surface area contributed by atoms with Crippen molar-refractivity contribution < 1.29 is 4.79 Å². The Hall–Kier alpha value is -2.83. The summed E-state index contributed by atoms with van der Waals surface area (Å²) in [6.07, 6.45) is 3.65. The highest BCUT2D eigenvalue weighted by Gasteiger charge is 2.11. The number of hydrogen-bond acceptors (Lipinski definition) is 4. The minimum absolute atomic E-state index is 0.0625. The SMILES string of the molecule is O=C(Cc1cc(=O)[nH]c(=O)[nH]1)Nc1ccc(N2CCCCC2)cc1. The van der Waals surface area contributed by atoms with Crippen LogP contribution in [0.4, 0.5) is 11.4 Å². The molecule has 7 nitrogen and oxygen atoms in total. The first-order valence-electron chi connectivity index (χ1n) is 8.07. The van der Waals surface area contributed by atoms with Gasteiger partial charge in [-0.2, -0.15) is 0 Å². The number of carbonyl (C=O) groups is 1. The van der Waals surface area contributed by atoms with Crippen LogP contribution in [0.2, 0.25) is 0 Å². The van der Waals surface area contributed by atoms with Gasteiger partial charge in [-0.25, -0.2) is 4.79 Å². The second-order valence-corrected chi connectivity index (χ2v) is 5.93. The van der Waals surface area contributed by atoms with Crippen LogP contribution in [0.3, 0.4) is 0 Å². The van der Waals surface area contributed by atoms with E-state index in [1.165, 1.54) is 25.3 Å². The molecule has 0 radical (unpaired) electrons. The van der Waals surface area contributed by atoms with Crippen molar-refractivity contribution in [3.63, 3.8) is 0 Å². The molecular formula is C17H20N4O3. The van der Waals surface area contributed by atoms with Gasteiger partial charge in [-0.15, -0.1) is 0 Å². The molecule has 0 bridgehead atoms. The zero-order chi connectivity index (χ0) is 16.9. The zero-order valence-electron chi connectivity index (χ0n) is 13.3. The maximum Gasteiger partial charge on any atom is 0.325 e. The molecule has 0 unspecified atom stereocenters. The van der Waals surface area contributed by atoms with Gasteiger partial charge in [0.05, 0.1) is 6.42 Å². The summed E-state index contributed by atoms with van der Waals surface area (Å²) in [6, 6.07) is 8.93. The molecule has 1 fully saturated rings. The monoisotopic (exact) mass is 328 g/mol. The number of benzene rings is 1. The first-order valence-corrected chi connectivity index (χ1v) is 8.07.